The molecule has 0 aliphatic heterocycles. The largest absolute Gasteiger partial charge is 0.456 e. The van der Waals surface area contributed by atoms with E-state index < -0.39 is 0 Å². The zero-order valence-electron chi connectivity index (χ0n) is 38.6. The average Bonchev–Trinajstić information content (AvgIpc) is 3.81. The fourth-order valence-corrected chi connectivity index (χ4v) is 9.21. The molecule has 0 spiro atoms. The van der Waals surface area contributed by atoms with Crippen LogP contribution in [0.5, 0.6) is 0 Å². The van der Waals surface area contributed by atoms with Crippen LogP contribution < -0.4 is 9.80 Å². The summed E-state index contributed by atoms with van der Waals surface area (Å²) in [6.45, 7) is 20.7. The molecule has 0 aliphatic carbocycles. The van der Waals surface area contributed by atoms with Crippen molar-refractivity contribution in [2.75, 3.05) is 9.80 Å². The fraction of sp³-hybridized carbons (Fsp3) is 0.200. The highest BCUT2D eigenvalue weighted by Gasteiger charge is 2.25. The van der Waals surface area contributed by atoms with Gasteiger partial charge in [0, 0.05) is 44.3 Å². The summed E-state index contributed by atoms with van der Waals surface area (Å²) in [6.07, 6.45) is 0. The van der Waals surface area contributed by atoms with Crippen LogP contribution in [0.4, 0.5) is 34.1 Å². The molecule has 0 radical (unpaired) electrons. The van der Waals surface area contributed by atoms with E-state index in [0.29, 0.717) is 0 Å². The first-order chi connectivity index (χ1) is 30.6. The summed E-state index contributed by atoms with van der Waals surface area (Å²) in [7, 11) is 0. The Kier molecular flexibility index (Phi) is 9.83. The quantitative estimate of drug-likeness (QED) is 0.160. The summed E-state index contributed by atoms with van der Waals surface area (Å²) in [4.78, 5) is 4.81. The van der Waals surface area contributed by atoms with Gasteiger partial charge in [0.25, 0.3) is 0 Å². The second-order valence-corrected chi connectivity index (χ2v) is 20.4. The summed E-state index contributed by atoms with van der Waals surface area (Å²) < 4.78 is 8.85. The Hall–Kier alpha value is -7.04. The van der Waals surface area contributed by atoms with Gasteiger partial charge in [-0.05, 0) is 136 Å². The van der Waals surface area contributed by atoms with Crippen molar-refractivity contribution in [3.8, 4) is 5.69 Å². The minimum atomic E-state index is -0.0355. The van der Waals surface area contributed by atoms with Crippen LogP contribution in [-0.4, -0.2) is 4.57 Å². The molecule has 0 aliphatic rings. The molecule has 10 aromatic rings. The first-order valence-corrected chi connectivity index (χ1v) is 22.6. The van der Waals surface area contributed by atoms with E-state index in [1.807, 2.05) is 12.1 Å². The molecule has 0 fully saturated rings. The number of anilines is 6. The summed E-state index contributed by atoms with van der Waals surface area (Å²) in [5.41, 5.74) is 15.4. The van der Waals surface area contributed by atoms with Gasteiger partial charge in [-0.15, -0.1) is 0 Å². The molecule has 0 unspecified atom stereocenters. The van der Waals surface area contributed by atoms with E-state index in [-0.39, 0.29) is 16.2 Å². The van der Waals surface area contributed by atoms with E-state index in [1.54, 1.807) is 0 Å². The Morgan fingerprint density at radius 1 is 0.328 bits per heavy atom. The van der Waals surface area contributed by atoms with Crippen LogP contribution >= 0.6 is 0 Å². The number of furan rings is 1. The van der Waals surface area contributed by atoms with Gasteiger partial charge in [0.15, 0.2) is 0 Å². The number of rotatable bonds is 7. The molecule has 64 heavy (non-hydrogen) atoms. The topological polar surface area (TPSA) is 24.6 Å². The molecule has 0 N–H and O–H groups in total. The number of para-hydroxylation sites is 3. The lowest BCUT2D eigenvalue weighted by molar-refractivity contribution is 0.590. The summed E-state index contributed by atoms with van der Waals surface area (Å²) in [5, 5.41) is 4.71. The normalized spacial score (nSPS) is 12.5. The second-order valence-electron chi connectivity index (χ2n) is 20.4. The van der Waals surface area contributed by atoms with Gasteiger partial charge in [-0.25, -0.2) is 0 Å². The van der Waals surface area contributed by atoms with Crippen LogP contribution in [0.3, 0.4) is 0 Å². The lowest BCUT2D eigenvalue weighted by Crippen LogP contribution is -2.16. The van der Waals surface area contributed by atoms with Gasteiger partial charge < -0.3 is 18.8 Å². The Labute approximate surface area is 378 Å². The molecular weight excluding hydrogens is 779 g/mol. The number of hydrogen-bond acceptors (Lipinski definition) is 3. The van der Waals surface area contributed by atoms with Crippen molar-refractivity contribution in [1.82, 2.24) is 4.57 Å². The molecule has 4 heteroatoms. The molecule has 0 bridgehead atoms. The molecule has 0 saturated carbocycles. The smallest absolute Gasteiger partial charge is 0.135 e. The number of aromatic nitrogens is 1. The van der Waals surface area contributed by atoms with Crippen LogP contribution in [0.1, 0.15) is 79.0 Å². The SMILES string of the molecule is CC(C)(C)c1cccc(N(c2ccccc2)c2cc(N(c3ccccc3)c3ccc4oc5ccccc5c4c3)cc(-n3c4ccc(C(C)(C)C)cc4c4cc(C(C)(C)C)ccc43)c2)c1. The third kappa shape index (κ3) is 7.41. The highest BCUT2D eigenvalue weighted by Crippen LogP contribution is 2.46. The molecule has 0 saturated heterocycles. The first-order valence-electron chi connectivity index (χ1n) is 22.6. The van der Waals surface area contributed by atoms with Gasteiger partial charge >= 0.3 is 0 Å². The summed E-state index contributed by atoms with van der Waals surface area (Å²) in [5.74, 6) is 0. The number of benzene rings is 8. The molecule has 318 valence electrons. The van der Waals surface area contributed by atoms with E-state index in [9.17, 15) is 0 Å². The van der Waals surface area contributed by atoms with Gasteiger partial charge in [-0.1, -0.05) is 141 Å². The fourth-order valence-electron chi connectivity index (χ4n) is 9.21. The Balaban J connectivity index is 1.31. The third-order valence-electron chi connectivity index (χ3n) is 12.8. The molecular formula is C60H57N3O. The maximum atomic E-state index is 6.36. The summed E-state index contributed by atoms with van der Waals surface area (Å²) in [6, 6.07) is 66.8. The van der Waals surface area contributed by atoms with Crippen molar-refractivity contribution in [3.05, 3.63) is 199 Å². The zero-order chi connectivity index (χ0) is 44.5. The highest BCUT2D eigenvalue weighted by atomic mass is 16.3. The third-order valence-corrected chi connectivity index (χ3v) is 12.8. The van der Waals surface area contributed by atoms with Crippen molar-refractivity contribution in [2.24, 2.45) is 0 Å². The van der Waals surface area contributed by atoms with Crippen molar-refractivity contribution >= 4 is 77.9 Å². The highest BCUT2D eigenvalue weighted by molar-refractivity contribution is 6.10. The monoisotopic (exact) mass is 835 g/mol. The van der Waals surface area contributed by atoms with Crippen LogP contribution in [0, 0.1) is 0 Å². The summed E-state index contributed by atoms with van der Waals surface area (Å²) >= 11 is 0. The van der Waals surface area contributed by atoms with Gasteiger partial charge in [0.1, 0.15) is 11.2 Å². The number of nitrogens with zero attached hydrogens (tertiary/aromatic N) is 3. The van der Waals surface area contributed by atoms with Crippen LogP contribution in [-0.2, 0) is 16.2 Å². The van der Waals surface area contributed by atoms with Crippen molar-refractivity contribution < 1.29 is 4.42 Å². The van der Waals surface area contributed by atoms with Crippen molar-refractivity contribution in [3.63, 3.8) is 0 Å². The Morgan fingerprint density at radius 2 is 0.797 bits per heavy atom. The van der Waals surface area contributed by atoms with E-state index >= 15 is 0 Å². The molecule has 10 rings (SSSR count). The van der Waals surface area contributed by atoms with Gasteiger partial charge in [0.2, 0.25) is 0 Å². The Bertz CT molecular complexity index is 3260. The predicted molar refractivity (Wildman–Crippen MR) is 274 cm³/mol. The van der Waals surface area contributed by atoms with Gasteiger partial charge in [-0.3, -0.25) is 0 Å². The van der Waals surface area contributed by atoms with Crippen LogP contribution in [0.15, 0.2) is 186 Å². The number of hydrogen-bond donors (Lipinski definition) is 0. The molecule has 8 aromatic carbocycles. The maximum Gasteiger partial charge on any atom is 0.135 e. The first kappa shape index (κ1) is 41.0. The van der Waals surface area contributed by atoms with E-state index in [0.717, 1.165) is 61.8 Å². The minimum absolute atomic E-state index is 0.00723. The Morgan fingerprint density at radius 3 is 1.34 bits per heavy atom. The van der Waals surface area contributed by atoms with E-state index in [2.05, 4.69) is 247 Å². The van der Waals surface area contributed by atoms with Gasteiger partial charge in [-0.2, -0.15) is 0 Å². The lowest BCUT2D eigenvalue weighted by Gasteiger charge is -2.31. The maximum absolute atomic E-state index is 6.36. The van der Waals surface area contributed by atoms with Crippen molar-refractivity contribution in [1.29, 1.82) is 0 Å². The predicted octanol–water partition coefficient (Wildman–Crippen LogP) is 17.5. The second kappa shape index (κ2) is 15.3. The molecule has 2 aromatic heterocycles. The van der Waals surface area contributed by atoms with E-state index in [4.69, 9.17) is 4.42 Å². The lowest BCUT2D eigenvalue weighted by atomic mass is 9.85. The molecule has 0 atom stereocenters. The van der Waals surface area contributed by atoms with Crippen LogP contribution in [0.25, 0.3) is 49.4 Å². The van der Waals surface area contributed by atoms with E-state index in [1.165, 1.54) is 38.5 Å². The van der Waals surface area contributed by atoms with Crippen LogP contribution in [0.2, 0.25) is 0 Å². The number of fused-ring (bicyclic) bond motifs is 6. The van der Waals surface area contributed by atoms with Crippen molar-refractivity contribution in [2.45, 2.75) is 78.6 Å². The minimum Gasteiger partial charge on any atom is -0.456 e. The zero-order valence-corrected chi connectivity index (χ0v) is 38.6. The average molecular weight is 836 g/mol. The molecule has 0 amide bonds. The standard InChI is InChI=1S/C60H57N3O/c1-58(2,3)40-19-18-24-45(33-40)61(43-20-12-10-13-21-43)47-36-48(62(44-22-14-11-15-23-44)46-29-32-57-53(39-46)50-25-16-17-26-56(50)64-57)38-49(37-47)63-54-30-27-41(59(4,5)6)34-51(54)52-35-42(60(7,8)9)28-31-55(52)63/h10-39H,1-9H3. The van der Waals surface area contributed by atoms with Gasteiger partial charge in [0.05, 0.1) is 28.1 Å². The molecule has 2 heterocycles. The molecule has 4 nitrogen and oxygen atoms in total.